The normalized spacial score (nSPS) is 14.6. The van der Waals surface area contributed by atoms with E-state index in [0.717, 1.165) is 10.9 Å². The average molecular weight is 358 g/mol. The Balaban J connectivity index is 2.03. The fraction of sp³-hybridized carbons (Fsp3) is 0. The second-order valence-electron chi connectivity index (χ2n) is 5.28. The number of nitrogens with one attached hydrogen (secondary N) is 2. The zero-order valence-electron chi connectivity index (χ0n) is 12.1. The summed E-state index contributed by atoms with van der Waals surface area (Å²) in [6.07, 6.45) is 0. The zero-order valence-corrected chi connectivity index (χ0v) is 13.6. The Hall–Kier alpha value is -2.63. The van der Waals surface area contributed by atoms with Crippen molar-refractivity contribution in [3.8, 4) is 0 Å². The minimum absolute atomic E-state index is 0.193. The molecule has 5 nitrogen and oxygen atoms in total. The van der Waals surface area contributed by atoms with Gasteiger partial charge < -0.3 is 0 Å². The van der Waals surface area contributed by atoms with Crippen LogP contribution in [0.15, 0.2) is 42.5 Å². The second-order valence-corrected chi connectivity index (χ2v) is 6.12. The van der Waals surface area contributed by atoms with Gasteiger partial charge in [-0.2, -0.15) is 5.10 Å². The maximum absolute atomic E-state index is 12.4. The van der Waals surface area contributed by atoms with Crippen LogP contribution in [0.5, 0.6) is 0 Å². The third-order valence-corrected chi connectivity index (χ3v) is 4.39. The van der Waals surface area contributed by atoms with E-state index in [1.165, 1.54) is 6.07 Å². The molecular weight excluding hydrogens is 349 g/mol. The third-order valence-electron chi connectivity index (χ3n) is 3.84. The number of aromatic nitrogens is 2. The molecule has 0 atom stereocenters. The molecule has 1 aliphatic heterocycles. The third kappa shape index (κ3) is 2.21. The van der Waals surface area contributed by atoms with E-state index < -0.39 is 11.8 Å². The summed E-state index contributed by atoms with van der Waals surface area (Å²) >= 11 is 12.1. The highest BCUT2D eigenvalue weighted by Crippen LogP contribution is 2.37. The number of para-hydroxylation sites is 1. The fourth-order valence-corrected chi connectivity index (χ4v) is 3.29. The molecule has 0 saturated heterocycles. The van der Waals surface area contributed by atoms with E-state index in [-0.39, 0.29) is 11.1 Å². The highest BCUT2D eigenvalue weighted by molar-refractivity contribution is 6.51. The number of hydrogen-bond acceptors (Lipinski definition) is 3. The first kappa shape index (κ1) is 14.9. The number of rotatable bonds is 2. The molecule has 2 heterocycles. The van der Waals surface area contributed by atoms with Crippen molar-refractivity contribution >= 4 is 57.1 Å². The van der Waals surface area contributed by atoms with Gasteiger partial charge in [0, 0.05) is 16.0 Å². The number of amides is 2. The molecule has 0 bridgehead atoms. The Morgan fingerprint density at radius 2 is 1.67 bits per heavy atom. The van der Waals surface area contributed by atoms with E-state index in [9.17, 15) is 9.59 Å². The van der Waals surface area contributed by atoms with Crippen LogP contribution in [0.4, 0.5) is 0 Å². The average Bonchev–Trinajstić information content (AvgIpc) is 3.08. The maximum atomic E-state index is 12.4. The van der Waals surface area contributed by atoms with Crippen molar-refractivity contribution in [2.45, 2.75) is 0 Å². The number of aromatic amines is 1. The lowest BCUT2D eigenvalue weighted by atomic mass is 9.98. The lowest BCUT2D eigenvalue weighted by molar-refractivity contribution is -0.122. The molecule has 4 rings (SSSR count). The SMILES string of the molecule is O=C1NC(=O)C(c2n[nH]c3ccccc23)=C1c1ccc(Cl)cc1Cl. The number of carbonyl (C=O) groups excluding carboxylic acids is 2. The van der Waals surface area contributed by atoms with Crippen molar-refractivity contribution in [3.63, 3.8) is 0 Å². The first-order chi connectivity index (χ1) is 11.6. The molecule has 1 aromatic heterocycles. The van der Waals surface area contributed by atoms with Gasteiger partial charge in [-0.05, 0) is 18.2 Å². The molecule has 7 heteroatoms. The van der Waals surface area contributed by atoms with Gasteiger partial charge in [0.25, 0.3) is 11.8 Å². The number of fused-ring (bicyclic) bond motifs is 1. The van der Waals surface area contributed by atoms with E-state index in [0.29, 0.717) is 21.3 Å². The smallest absolute Gasteiger partial charge is 0.261 e. The monoisotopic (exact) mass is 357 g/mol. The van der Waals surface area contributed by atoms with Gasteiger partial charge in [0.15, 0.2) is 0 Å². The van der Waals surface area contributed by atoms with E-state index in [4.69, 9.17) is 23.2 Å². The Bertz CT molecular complexity index is 1050. The summed E-state index contributed by atoms with van der Waals surface area (Å²) in [6, 6.07) is 12.1. The van der Waals surface area contributed by atoms with Gasteiger partial charge in [0.2, 0.25) is 0 Å². The van der Waals surface area contributed by atoms with E-state index in [2.05, 4.69) is 15.5 Å². The van der Waals surface area contributed by atoms with Crippen LogP contribution in [0.3, 0.4) is 0 Å². The second kappa shape index (κ2) is 5.47. The Kier molecular flexibility index (Phi) is 3.40. The van der Waals surface area contributed by atoms with Crippen molar-refractivity contribution < 1.29 is 9.59 Å². The van der Waals surface area contributed by atoms with Crippen LogP contribution in [-0.4, -0.2) is 22.0 Å². The number of nitrogens with zero attached hydrogens (tertiary/aromatic N) is 1. The molecule has 2 amide bonds. The fourth-order valence-electron chi connectivity index (χ4n) is 2.78. The van der Waals surface area contributed by atoms with Crippen molar-refractivity contribution in [2.24, 2.45) is 0 Å². The van der Waals surface area contributed by atoms with Crippen molar-refractivity contribution in [1.82, 2.24) is 15.5 Å². The summed E-state index contributed by atoms with van der Waals surface area (Å²) in [7, 11) is 0. The number of halogens is 2. The quantitative estimate of drug-likeness (QED) is 0.689. The number of benzene rings is 2. The standard InChI is InChI=1S/C17H9Cl2N3O2/c18-8-5-6-9(11(19)7-8)13-14(17(24)20-16(13)23)15-10-3-1-2-4-12(10)21-22-15/h1-7H,(H,21,22)(H,20,23,24). The molecule has 118 valence electrons. The lowest BCUT2D eigenvalue weighted by Gasteiger charge is -2.06. The van der Waals surface area contributed by atoms with Crippen LogP contribution in [0.1, 0.15) is 11.3 Å². The number of hydrogen-bond donors (Lipinski definition) is 2. The maximum Gasteiger partial charge on any atom is 0.261 e. The molecular formula is C17H9Cl2N3O2. The Morgan fingerprint density at radius 3 is 2.46 bits per heavy atom. The lowest BCUT2D eigenvalue weighted by Crippen LogP contribution is -2.22. The first-order valence-corrected chi connectivity index (χ1v) is 7.80. The molecule has 0 aliphatic carbocycles. The Labute approximate surface area is 146 Å². The van der Waals surface area contributed by atoms with E-state index >= 15 is 0 Å². The highest BCUT2D eigenvalue weighted by Gasteiger charge is 2.35. The minimum atomic E-state index is -0.508. The minimum Gasteiger partial charge on any atom is -0.288 e. The molecule has 0 spiro atoms. The number of H-pyrrole nitrogens is 1. The summed E-state index contributed by atoms with van der Waals surface area (Å²) in [5, 5.41) is 10.9. The number of imide groups is 1. The van der Waals surface area contributed by atoms with Crippen LogP contribution in [0.2, 0.25) is 10.0 Å². The zero-order chi connectivity index (χ0) is 16.8. The van der Waals surface area contributed by atoms with Crippen molar-refractivity contribution in [1.29, 1.82) is 0 Å². The highest BCUT2D eigenvalue weighted by atomic mass is 35.5. The van der Waals surface area contributed by atoms with Gasteiger partial charge in [-0.1, -0.05) is 47.5 Å². The Morgan fingerprint density at radius 1 is 0.917 bits per heavy atom. The van der Waals surface area contributed by atoms with E-state index in [1.807, 2.05) is 24.3 Å². The summed E-state index contributed by atoms with van der Waals surface area (Å²) < 4.78 is 0. The van der Waals surface area contributed by atoms with Crippen LogP contribution in [0.25, 0.3) is 22.0 Å². The summed E-state index contributed by atoms with van der Waals surface area (Å²) in [6.45, 7) is 0. The molecule has 0 fully saturated rings. The van der Waals surface area contributed by atoms with Gasteiger partial charge in [-0.3, -0.25) is 20.0 Å². The van der Waals surface area contributed by atoms with Gasteiger partial charge in [0.05, 0.1) is 21.7 Å². The van der Waals surface area contributed by atoms with Crippen LogP contribution >= 0.6 is 23.2 Å². The molecule has 1 aliphatic rings. The van der Waals surface area contributed by atoms with Crippen molar-refractivity contribution in [2.75, 3.05) is 0 Å². The molecule has 2 N–H and O–H groups in total. The number of carbonyl (C=O) groups is 2. The van der Waals surface area contributed by atoms with Crippen LogP contribution < -0.4 is 5.32 Å². The molecule has 0 radical (unpaired) electrons. The predicted molar refractivity (Wildman–Crippen MR) is 92.5 cm³/mol. The van der Waals surface area contributed by atoms with Crippen LogP contribution in [0, 0.1) is 0 Å². The summed E-state index contributed by atoms with van der Waals surface area (Å²) in [5.41, 5.74) is 2.01. The molecule has 2 aromatic carbocycles. The molecule has 0 saturated carbocycles. The largest absolute Gasteiger partial charge is 0.288 e. The topological polar surface area (TPSA) is 74.8 Å². The molecule has 0 unspecified atom stereocenters. The first-order valence-electron chi connectivity index (χ1n) is 7.05. The van der Waals surface area contributed by atoms with Gasteiger partial charge in [0.1, 0.15) is 5.69 Å². The summed E-state index contributed by atoms with van der Waals surface area (Å²) in [4.78, 5) is 24.7. The van der Waals surface area contributed by atoms with Gasteiger partial charge in [-0.15, -0.1) is 0 Å². The van der Waals surface area contributed by atoms with Crippen LogP contribution in [-0.2, 0) is 9.59 Å². The van der Waals surface area contributed by atoms with Crippen molar-refractivity contribution in [3.05, 3.63) is 63.8 Å². The van der Waals surface area contributed by atoms with Gasteiger partial charge >= 0.3 is 0 Å². The van der Waals surface area contributed by atoms with Gasteiger partial charge in [-0.25, -0.2) is 0 Å². The van der Waals surface area contributed by atoms with E-state index in [1.54, 1.807) is 12.1 Å². The molecule has 24 heavy (non-hydrogen) atoms. The summed E-state index contributed by atoms with van der Waals surface area (Å²) in [5.74, 6) is -1.01. The molecule has 3 aromatic rings. The predicted octanol–water partition coefficient (Wildman–Crippen LogP) is 3.44.